The molecule has 0 saturated heterocycles. The summed E-state index contributed by atoms with van der Waals surface area (Å²) in [5.41, 5.74) is 6.44. The lowest BCUT2D eigenvalue weighted by molar-refractivity contribution is -0.383. The predicted octanol–water partition coefficient (Wildman–Crippen LogP) is 9.44. The summed E-state index contributed by atoms with van der Waals surface area (Å²) in [6.45, 7) is 2.10. The molecule has 0 saturated carbocycles. The first-order valence-corrected chi connectivity index (χ1v) is 15.2. The van der Waals surface area contributed by atoms with Gasteiger partial charge in [0.25, 0.3) is 5.69 Å². The lowest BCUT2D eigenvalue weighted by Gasteiger charge is -2.26. The van der Waals surface area contributed by atoms with Crippen LogP contribution in [0.5, 0.6) is 0 Å². The highest BCUT2D eigenvalue weighted by Gasteiger charge is 2.27. The van der Waals surface area contributed by atoms with Gasteiger partial charge in [0.1, 0.15) is 11.6 Å². The van der Waals surface area contributed by atoms with Crippen LogP contribution in [0.2, 0.25) is 10.0 Å². The summed E-state index contributed by atoms with van der Waals surface area (Å²) in [5.74, 6) is -0.743. The van der Waals surface area contributed by atoms with Crippen molar-refractivity contribution in [2.45, 2.75) is 19.0 Å². The Morgan fingerprint density at radius 3 is 1.61 bits per heavy atom. The Balaban J connectivity index is 0.000000182. The second-order valence-corrected chi connectivity index (χ2v) is 12.3. The average Bonchev–Trinajstić information content (AvgIpc) is 3.61. The number of nitrogens with one attached hydrogen (secondary N) is 2. The van der Waals surface area contributed by atoms with Crippen LogP contribution in [-0.4, -0.2) is 52.9 Å². The first-order chi connectivity index (χ1) is 21.9. The molecule has 0 aliphatic carbocycles. The molecule has 2 atom stereocenters. The van der Waals surface area contributed by atoms with Crippen LogP contribution in [0.1, 0.15) is 39.9 Å². The van der Waals surface area contributed by atoms with Gasteiger partial charge in [-0.05, 0) is 93.8 Å². The number of fused-ring (bicyclic) bond motifs is 2. The first kappa shape index (κ1) is 33.1. The van der Waals surface area contributed by atoms with E-state index in [0.717, 1.165) is 22.2 Å². The van der Waals surface area contributed by atoms with Crippen LogP contribution in [0.15, 0.2) is 85.2 Å². The average molecular weight is 665 g/mol. The molecule has 0 spiro atoms. The topological polar surface area (TPSA) is 81.2 Å². The fourth-order valence-corrected chi connectivity index (χ4v) is 6.61. The van der Waals surface area contributed by atoms with E-state index in [9.17, 15) is 18.9 Å². The van der Waals surface area contributed by atoms with E-state index in [4.69, 9.17) is 23.2 Å². The maximum atomic E-state index is 13.4. The van der Waals surface area contributed by atoms with Gasteiger partial charge in [-0.15, -0.1) is 0 Å². The van der Waals surface area contributed by atoms with Gasteiger partial charge in [0.05, 0.1) is 27.9 Å². The highest BCUT2D eigenvalue weighted by atomic mass is 35.5. The molecule has 2 heterocycles. The molecular formula is C35H33Cl2F2N5O2. The number of nitro benzene ring substituents is 1. The zero-order valence-electron chi connectivity index (χ0n) is 25.9. The molecule has 2 aromatic heterocycles. The lowest BCUT2D eigenvalue weighted by Crippen LogP contribution is -2.21. The molecule has 7 nitrogen and oxygen atoms in total. The van der Waals surface area contributed by atoms with Gasteiger partial charge in [0, 0.05) is 45.0 Å². The molecule has 11 heteroatoms. The van der Waals surface area contributed by atoms with Crippen LogP contribution < -0.4 is 0 Å². The van der Waals surface area contributed by atoms with Crippen molar-refractivity contribution < 1.29 is 13.7 Å². The van der Waals surface area contributed by atoms with Gasteiger partial charge >= 0.3 is 0 Å². The lowest BCUT2D eigenvalue weighted by atomic mass is 9.95. The second-order valence-electron chi connectivity index (χ2n) is 11.5. The summed E-state index contributed by atoms with van der Waals surface area (Å²) in [7, 11) is 7.69. The van der Waals surface area contributed by atoms with Gasteiger partial charge in [-0.1, -0.05) is 53.5 Å². The standard InChI is InChI=1S/C18H18ClFN2.C17H15ClFN3O2/c1-11-5-4-6-16-17(11)14(10-21-16)18(22(2)3)13-8-7-12(20)9-15(13)19;1-21(2)17(11-7-6-10(19)8-13(11)18)12-9-20-14-4-3-5-15(16(12)14)22(23)24/h4-10,18,21H,1-3H3;3-9,17,20H,1-2H3. The molecule has 46 heavy (non-hydrogen) atoms. The summed E-state index contributed by atoms with van der Waals surface area (Å²) < 4.78 is 26.8. The first-order valence-electron chi connectivity index (χ1n) is 14.4. The Morgan fingerprint density at radius 1 is 0.696 bits per heavy atom. The van der Waals surface area contributed by atoms with Gasteiger partial charge in [-0.25, -0.2) is 8.78 Å². The Labute approximate surface area is 275 Å². The predicted molar refractivity (Wildman–Crippen MR) is 182 cm³/mol. The van der Waals surface area contributed by atoms with E-state index in [1.54, 1.807) is 30.5 Å². The number of halogens is 4. The maximum Gasteiger partial charge on any atom is 0.279 e. The van der Waals surface area contributed by atoms with Crippen molar-refractivity contribution in [2.75, 3.05) is 28.2 Å². The summed E-state index contributed by atoms with van der Waals surface area (Å²) in [6.07, 6.45) is 3.75. The van der Waals surface area contributed by atoms with Crippen molar-refractivity contribution in [1.82, 2.24) is 19.8 Å². The minimum atomic E-state index is -0.425. The number of aromatic nitrogens is 2. The highest BCUT2D eigenvalue weighted by Crippen LogP contribution is 2.40. The van der Waals surface area contributed by atoms with Crippen LogP contribution in [0.3, 0.4) is 0 Å². The van der Waals surface area contributed by atoms with Crippen molar-refractivity contribution in [3.63, 3.8) is 0 Å². The van der Waals surface area contributed by atoms with Crippen LogP contribution in [0.25, 0.3) is 21.8 Å². The maximum absolute atomic E-state index is 13.4. The molecule has 2 unspecified atom stereocenters. The Morgan fingerprint density at radius 2 is 1.15 bits per heavy atom. The summed E-state index contributed by atoms with van der Waals surface area (Å²) in [5, 5.41) is 13.9. The van der Waals surface area contributed by atoms with E-state index in [1.807, 2.05) is 45.4 Å². The molecule has 2 N–H and O–H groups in total. The van der Waals surface area contributed by atoms with E-state index in [-0.39, 0.29) is 28.6 Å². The minimum Gasteiger partial charge on any atom is -0.361 e. The van der Waals surface area contributed by atoms with Gasteiger partial charge < -0.3 is 9.97 Å². The van der Waals surface area contributed by atoms with Gasteiger partial charge in [-0.3, -0.25) is 19.9 Å². The molecule has 4 aromatic carbocycles. The molecule has 0 bridgehead atoms. The van der Waals surface area contributed by atoms with E-state index in [0.29, 0.717) is 21.5 Å². The number of non-ortho nitro benzene ring substituents is 1. The summed E-state index contributed by atoms with van der Waals surface area (Å²) in [4.78, 5) is 21.4. The number of benzene rings is 4. The molecule has 0 aliphatic heterocycles. The minimum absolute atomic E-state index is 0.0221. The highest BCUT2D eigenvalue weighted by molar-refractivity contribution is 6.31. The smallest absolute Gasteiger partial charge is 0.279 e. The molecule has 6 rings (SSSR count). The number of nitrogens with zero attached hydrogens (tertiary/aromatic N) is 3. The zero-order chi connectivity index (χ0) is 33.3. The number of aryl methyl sites for hydroxylation is 1. The molecule has 238 valence electrons. The van der Waals surface area contributed by atoms with E-state index < -0.39 is 10.7 Å². The van der Waals surface area contributed by atoms with Gasteiger partial charge in [-0.2, -0.15) is 0 Å². The Kier molecular flexibility index (Phi) is 9.79. The van der Waals surface area contributed by atoms with Crippen LogP contribution in [0, 0.1) is 28.7 Å². The molecule has 0 aliphatic rings. The van der Waals surface area contributed by atoms with Gasteiger partial charge in [0.2, 0.25) is 0 Å². The summed E-state index contributed by atoms with van der Waals surface area (Å²) >= 11 is 12.5. The quantitative estimate of drug-likeness (QED) is 0.132. The van der Waals surface area contributed by atoms with Gasteiger partial charge in [0.15, 0.2) is 0 Å². The van der Waals surface area contributed by atoms with E-state index in [1.165, 1.54) is 41.3 Å². The SMILES string of the molecule is CN(C)C(c1ccc(F)cc1Cl)c1c[nH]c2cccc([N+](=O)[O-])c12.Cc1cccc2[nH]cc(C(c3ccc(F)cc3Cl)N(C)C)c12. The van der Waals surface area contributed by atoms with E-state index in [2.05, 4.69) is 33.9 Å². The number of hydrogen-bond donors (Lipinski definition) is 2. The third-order valence-corrected chi connectivity index (χ3v) is 8.65. The molecular weight excluding hydrogens is 631 g/mol. The van der Waals surface area contributed by atoms with Crippen LogP contribution in [0.4, 0.5) is 14.5 Å². The van der Waals surface area contributed by atoms with Crippen molar-refractivity contribution in [2.24, 2.45) is 0 Å². The molecule has 0 fully saturated rings. The number of rotatable bonds is 7. The number of hydrogen-bond acceptors (Lipinski definition) is 4. The van der Waals surface area contributed by atoms with Crippen LogP contribution >= 0.6 is 23.2 Å². The third kappa shape index (κ3) is 6.50. The molecule has 0 radical (unpaired) electrons. The van der Waals surface area contributed by atoms with Crippen LogP contribution in [-0.2, 0) is 0 Å². The normalized spacial score (nSPS) is 12.8. The second kappa shape index (κ2) is 13.6. The fourth-order valence-electron chi connectivity index (χ4n) is 6.07. The van der Waals surface area contributed by atoms with E-state index >= 15 is 0 Å². The number of aromatic amines is 2. The van der Waals surface area contributed by atoms with Crippen molar-refractivity contribution in [1.29, 1.82) is 0 Å². The molecule has 6 aromatic rings. The fraction of sp³-hybridized carbons (Fsp3) is 0.200. The monoisotopic (exact) mass is 663 g/mol. The molecule has 0 amide bonds. The number of nitro groups is 1. The summed E-state index contributed by atoms with van der Waals surface area (Å²) in [6, 6.07) is 19.5. The van der Waals surface area contributed by atoms with Crippen molar-refractivity contribution in [3.05, 3.63) is 145 Å². The Bertz CT molecular complexity index is 2040. The Hall–Kier alpha value is -4.28. The number of H-pyrrole nitrogens is 2. The largest absolute Gasteiger partial charge is 0.361 e. The van der Waals surface area contributed by atoms with Crippen molar-refractivity contribution >= 4 is 50.7 Å². The van der Waals surface area contributed by atoms with Crippen molar-refractivity contribution in [3.8, 4) is 0 Å². The third-order valence-electron chi connectivity index (χ3n) is 7.99. The zero-order valence-corrected chi connectivity index (χ0v) is 27.4.